The maximum absolute atomic E-state index is 11.3. The molecule has 5 rings (SSSR count). The van der Waals surface area contributed by atoms with E-state index in [9.17, 15) is 9.90 Å². The largest absolute Gasteiger partial charge is 0.490 e. The lowest BCUT2D eigenvalue weighted by atomic mass is 9.94. The van der Waals surface area contributed by atoms with E-state index in [1.54, 1.807) is 18.2 Å². The van der Waals surface area contributed by atoms with Crippen LogP contribution < -0.4 is 20.5 Å². The Kier molecular flexibility index (Phi) is 9.28. The number of fused-ring (bicyclic) bond motifs is 1. The second kappa shape index (κ2) is 12.9. The highest BCUT2D eigenvalue weighted by Gasteiger charge is 2.22. The molecular weight excluding hydrogens is 546 g/mol. The lowest BCUT2D eigenvalue weighted by Crippen LogP contribution is -2.46. The van der Waals surface area contributed by atoms with Crippen LogP contribution in [-0.2, 0) is 6.42 Å². The van der Waals surface area contributed by atoms with Gasteiger partial charge in [0.25, 0.3) is 0 Å². The number of aromatic nitrogens is 3. The monoisotopic (exact) mass is 577 g/mol. The maximum atomic E-state index is 11.3. The standard InChI is InChI=1S/C30H31N5O5.ClH/c1-30(2,34-17-21(36)18-38-25-8-4-3-6-23(25)24-12-13-39-35-24)14-20-16-33-28-22(20)7-5-9-26(28)40-27-11-10-19(15-32-27)29(31)37;/h3-13,15-16,21,33-34,36H,14,17-18H2,1-2H3,(H2,31,37);1H/t21-;/m0./s1. The summed E-state index contributed by atoms with van der Waals surface area (Å²) in [6.45, 7) is 4.65. The molecule has 0 bridgehead atoms. The van der Waals surface area contributed by atoms with Gasteiger partial charge in [0.1, 0.15) is 30.4 Å². The number of ether oxygens (including phenoxy) is 2. The first kappa shape index (κ1) is 29.6. The summed E-state index contributed by atoms with van der Waals surface area (Å²) in [6.07, 6.45) is 4.84. The van der Waals surface area contributed by atoms with Crippen LogP contribution in [0, 0.1) is 0 Å². The molecule has 1 atom stereocenters. The third-order valence-corrected chi connectivity index (χ3v) is 6.48. The van der Waals surface area contributed by atoms with Gasteiger partial charge in [0, 0.05) is 47.6 Å². The van der Waals surface area contributed by atoms with Crippen LogP contribution in [0.15, 0.2) is 83.8 Å². The van der Waals surface area contributed by atoms with E-state index in [1.165, 1.54) is 12.5 Å². The van der Waals surface area contributed by atoms with Crippen LogP contribution in [0.1, 0.15) is 29.8 Å². The number of benzene rings is 2. The molecule has 0 aliphatic carbocycles. The summed E-state index contributed by atoms with van der Waals surface area (Å²) in [7, 11) is 0. The summed E-state index contributed by atoms with van der Waals surface area (Å²) >= 11 is 0. The van der Waals surface area contributed by atoms with Crippen LogP contribution in [0.4, 0.5) is 0 Å². The molecule has 0 aliphatic rings. The molecule has 2 aromatic carbocycles. The van der Waals surface area contributed by atoms with Gasteiger partial charge < -0.3 is 35.1 Å². The van der Waals surface area contributed by atoms with Crippen molar-refractivity contribution < 1.29 is 23.9 Å². The van der Waals surface area contributed by atoms with Gasteiger partial charge in [0.05, 0.1) is 11.1 Å². The number of carbonyl (C=O) groups is 1. The fraction of sp³-hybridized carbons (Fsp3) is 0.233. The molecule has 214 valence electrons. The molecule has 41 heavy (non-hydrogen) atoms. The molecule has 10 nitrogen and oxygen atoms in total. The fourth-order valence-corrected chi connectivity index (χ4v) is 4.45. The molecule has 5 aromatic rings. The average Bonchev–Trinajstić information content (AvgIpc) is 3.62. The number of nitrogens with one attached hydrogen (secondary N) is 2. The maximum Gasteiger partial charge on any atom is 0.250 e. The highest BCUT2D eigenvalue weighted by Crippen LogP contribution is 2.32. The molecule has 0 saturated heterocycles. The topological polar surface area (TPSA) is 149 Å². The van der Waals surface area contributed by atoms with E-state index in [-0.39, 0.29) is 24.6 Å². The van der Waals surface area contributed by atoms with Crippen molar-refractivity contribution in [2.75, 3.05) is 13.2 Å². The second-order valence-corrected chi connectivity index (χ2v) is 10.1. The van der Waals surface area contributed by atoms with Gasteiger partial charge in [0.15, 0.2) is 5.75 Å². The molecule has 0 fully saturated rings. The van der Waals surface area contributed by atoms with Crippen LogP contribution in [0.3, 0.4) is 0 Å². The van der Waals surface area contributed by atoms with Gasteiger partial charge >= 0.3 is 0 Å². The first-order valence-electron chi connectivity index (χ1n) is 12.9. The quantitative estimate of drug-likeness (QED) is 0.164. The lowest BCUT2D eigenvalue weighted by molar-refractivity contribution is 0.0991. The lowest BCUT2D eigenvalue weighted by Gasteiger charge is -2.28. The number of nitrogens with zero attached hydrogens (tertiary/aromatic N) is 2. The number of aromatic amines is 1. The van der Waals surface area contributed by atoms with Crippen molar-refractivity contribution in [1.82, 2.24) is 20.4 Å². The van der Waals surface area contributed by atoms with E-state index >= 15 is 0 Å². The summed E-state index contributed by atoms with van der Waals surface area (Å²) < 4.78 is 16.8. The number of halogens is 1. The minimum Gasteiger partial charge on any atom is -0.490 e. The molecule has 0 spiro atoms. The van der Waals surface area contributed by atoms with Gasteiger partial charge in [-0.15, -0.1) is 12.4 Å². The second-order valence-electron chi connectivity index (χ2n) is 10.1. The van der Waals surface area contributed by atoms with E-state index in [0.717, 1.165) is 22.0 Å². The molecule has 3 heterocycles. The molecule has 0 saturated carbocycles. The van der Waals surface area contributed by atoms with Gasteiger partial charge in [-0.05, 0) is 50.1 Å². The number of pyridine rings is 1. The number of H-pyrrole nitrogens is 1. The number of rotatable bonds is 12. The Bertz CT molecular complexity index is 1580. The minimum atomic E-state index is -0.721. The van der Waals surface area contributed by atoms with Crippen molar-refractivity contribution in [1.29, 1.82) is 0 Å². The Labute approximate surface area is 243 Å². The summed E-state index contributed by atoms with van der Waals surface area (Å²) in [5.41, 5.74) is 8.70. The zero-order valence-corrected chi connectivity index (χ0v) is 23.5. The number of primary amides is 1. The van der Waals surface area contributed by atoms with Gasteiger partial charge in [0.2, 0.25) is 11.8 Å². The van der Waals surface area contributed by atoms with Gasteiger partial charge in [-0.1, -0.05) is 29.4 Å². The van der Waals surface area contributed by atoms with Crippen molar-refractivity contribution in [2.24, 2.45) is 5.73 Å². The number of aliphatic hydroxyl groups excluding tert-OH is 1. The van der Waals surface area contributed by atoms with Crippen LogP contribution in [0.5, 0.6) is 17.4 Å². The van der Waals surface area contributed by atoms with Crippen LogP contribution in [0.2, 0.25) is 0 Å². The number of hydrogen-bond donors (Lipinski definition) is 4. The zero-order valence-electron chi connectivity index (χ0n) is 22.7. The Morgan fingerprint density at radius 3 is 2.66 bits per heavy atom. The van der Waals surface area contributed by atoms with Crippen molar-refractivity contribution in [2.45, 2.75) is 31.9 Å². The summed E-state index contributed by atoms with van der Waals surface area (Å²) in [4.78, 5) is 18.8. The molecule has 0 aliphatic heterocycles. The molecule has 5 N–H and O–H groups in total. The molecular formula is C30H32ClN5O5. The Hall–Kier alpha value is -4.38. The Morgan fingerprint density at radius 2 is 1.93 bits per heavy atom. The van der Waals surface area contributed by atoms with Crippen LogP contribution in [-0.4, -0.2) is 50.9 Å². The fourth-order valence-electron chi connectivity index (χ4n) is 4.45. The summed E-state index contributed by atoms with van der Waals surface area (Å²) in [6, 6.07) is 18.3. The molecule has 11 heteroatoms. The summed E-state index contributed by atoms with van der Waals surface area (Å²) in [5, 5.41) is 19.1. The molecule has 0 radical (unpaired) electrons. The average molecular weight is 578 g/mol. The first-order chi connectivity index (χ1) is 19.3. The van der Waals surface area contributed by atoms with E-state index in [1.807, 2.05) is 48.7 Å². The van der Waals surface area contributed by atoms with Gasteiger partial charge in [-0.25, -0.2) is 4.98 Å². The number of para-hydroxylation sites is 2. The van der Waals surface area contributed by atoms with Crippen molar-refractivity contribution in [3.63, 3.8) is 0 Å². The Morgan fingerprint density at radius 1 is 1.12 bits per heavy atom. The minimum absolute atomic E-state index is 0. The predicted molar refractivity (Wildman–Crippen MR) is 158 cm³/mol. The molecule has 0 unspecified atom stereocenters. The third-order valence-electron chi connectivity index (χ3n) is 6.48. The van der Waals surface area contributed by atoms with Crippen LogP contribution >= 0.6 is 12.4 Å². The van der Waals surface area contributed by atoms with Crippen molar-refractivity contribution in [3.05, 3.63) is 90.4 Å². The van der Waals surface area contributed by atoms with Gasteiger partial charge in [-0.2, -0.15) is 0 Å². The van der Waals surface area contributed by atoms with Crippen molar-refractivity contribution in [3.8, 4) is 28.6 Å². The normalized spacial score (nSPS) is 12.1. The third kappa shape index (κ3) is 7.23. The van der Waals surface area contributed by atoms with Crippen molar-refractivity contribution >= 4 is 29.2 Å². The highest BCUT2D eigenvalue weighted by molar-refractivity contribution is 5.92. The number of nitrogens with two attached hydrogens (primary N) is 1. The number of β-amino-alcohol motifs (C(OH)–C–C–N with tert-alkyl or cyclic N) is 1. The van der Waals surface area contributed by atoms with Crippen LogP contribution in [0.25, 0.3) is 22.2 Å². The first-order valence-corrected chi connectivity index (χ1v) is 12.9. The predicted octanol–water partition coefficient (Wildman–Crippen LogP) is 4.88. The summed E-state index contributed by atoms with van der Waals surface area (Å²) in [5.74, 6) is 1.06. The number of aliphatic hydroxyl groups is 1. The molecule has 1 amide bonds. The number of carbonyl (C=O) groups excluding carboxylic acids is 1. The van der Waals surface area contributed by atoms with E-state index in [0.29, 0.717) is 41.6 Å². The Balaban J connectivity index is 0.00000387. The number of amides is 1. The van der Waals surface area contributed by atoms with E-state index in [4.69, 9.17) is 19.7 Å². The number of hydrogen-bond acceptors (Lipinski definition) is 8. The zero-order chi connectivity index (χ0) is 28.1. The molecule has 3 aromatic heterocycles. The van der Waals surface area contributed by atoms with E-state index in [2.05, 4.69) is 34.3 Å². The SMILES string of the molecule is CC(C)(Cc1c[nH]c2c(Oc3ccc(C(N)=O)cn3)cccc12)NC[C@H](O)COc1ccccc1-c1ccon1.Cl. The van der Waals surface area contributed by atoms with E-state index < -0.39 is 12.0 Å². The highest BCUT2D eigenvalue weighted by atomic mass is 35.5. The smallest absolute Gasteiger partial charge is 0.250 e. The van der Waals surface area contributed by atoms with Gasteiger partial charge in [-0.3, -0.25) is 4.79 Å².